The number of methoxy groups -OCH3 is 1. The normalized spacial score (nSPS) is 19.3. The summed E-state index contributed by atoms with van der Waals surface area (Å²) in [5.74, 6) is 0.905. The Bertz CT molecular complexity index is 1050. The monoisotopic (exact) mass is 466 g/mol. The average Bonchev–Trinajstić information content (AvgIpc) is 3.33. The fourth-order valence-electron chi connectivity index (χ4n) is 3.84. The molecule has 0 aliphatic carbocycles. The van der Waals surface area contributed by atoms with Crippen molar-refractivity contribution in [2.45, 2.75) is 38.5 Å². The molecule has 2 N–H and O–H groups in total. The van der Waals surface area contributed by atoms with E-state index in [1.807, 2.05) is 0 Å². The number of ether oxygens (including phenoxy) is 2. The smallest absolute Gasteiger partial charge is 0.408 e. The maximum Gasteiger partial charge on any atom is 0.408 e. The first-order valence-corrected chi connectivity index (χ1v) is 10.6. The Hall–Kier alpha value is -2.76. The summed E-state index contributed by atoms with van der Waals surface area (Å²) in [5.41, 5.74) is 7.21. The highest BCUT2D eigenvalue weighted by molar-refractivity contribution is 5.96. The van der Waals surface area contributed by atoms with Crippen LogP contribution in [0.5, 0.6) is 0 Å². The largest absolute Gasteiger partial charge is 0.496 e. The van der Waals surface area contributed by atoms with E-state index in [0.29, 0.717) is 36.8 Å². The van der Waals surface area contributed by atoms with Crippen LogP contribution in [0.25, 0.3) is 11.3 Å². The van der Waals surface area contributed by atoms with Gasteiger partial charge in [0.05, 0.1) is 12.4 Å². The molecule has 1 saturated heterocycles. The third-order valence-corrected chi connectivity index (χ3v) is 5.27. The van der Waals surface area contributed by atoms with Crippen molar-refractivity contribution >= 4 is 17.1 Å². The van der Waals surface area contributed by atoms with Crippen molar-refractivity contribution in [2.75, 3.05) is 33.4 Å². The molecule has 2 unspecified atom stereocenters. The summed E-state index contributed by atoms with van der Waals surface area (Å²) in [6.45, 7) is 8.83. The van der Waals surface area contributed by atoms with Gasteiger partial charge in [0.15, 0.2) is 11.5 Å². The lowest BCUT2D eigenvalue weighted by molar-refractivity contribution is -0.183. The van der Waals surface area contributed by atoms with E-state index in [1.54, 1.807) is 27.0 Å². The van der Waals surface area contributed by atoms with E-state index in [4.69, 9.17) is 15.2 Å². The second-order valence-corrected chi connectivity index (χ2v) is 8.00. The highest BCUT2D eigenvalue weighted by atomic mass is 19.4. The predicted molar refractivity (Wildman–Crippen MR) is 120 cm³/mol. The van der Waals surface area contributed by atoms with Crippen molar-refractivity contribution in [3.8, 4) is 0 Å². The van der Waals surface area contributed by atoms with Crippen LogP contribution in [0.3, 0.4) is 0 Å². The lowest BCUT2D eigenvalue weighted by Crippen LogP contribution is -2.38. The Labute approximate surface area is 190 Å². The van der Waals surface area contributed by atoms with Gasteiger partial charge in [0, 0.05) is 38.1 Å². The van der Waals surface area contributed by atoms with Gasteiger partial charge in [0.1, 0.15) is 18.3 Å². The van der Waals surface area contributed by atoms with E-state index in [9.17, 15) is 13.2 Å². The van der Waals surface area contributed by atoms with E-state index in [0.717, 1.165) is 0 Å². The molecule has 0 aromatic carbocycles. The molecular formula is C22H29F3N6O2. The molecule has 0 radical (unpaired) electrons. The summed E-state index contributed by atoms with van der Waals surface area (Å²) in [5, 5.41) is 8.13. The number of nitrogens with zero attached hydrogens (tertiary/aromatic N) is 5. The molecule has 33 heavy (non-hydrogen) atoms. The fraction of sp³-hybridized carbons (Fsp3) is 0.500. The average molecular weight is 467 g/mol. The summed E-state index contributed by atoms with van der Waals surface area (Å²) >= 11 is 0. The van der Waals surface area contributed by atoms with E-state index < -0.39 is 12.2 Å². The van der Waals surface area contributed by atoms with Gasteiger partial charge in [0.2, 0.25) is 0 Å². The molecule has 2 aromatic rings. The summed E-state index contributed by atoms with van der Waals surface area (Å²) in [6, 6.07) is 0.907. The number of pyridine rings is 1. The summed E-state index contributed by atoms with van der Waals surface area (Å²) in [6.07, 6.45) is -0.800. The van der Waals surface area contributed by atoms with E-state index in [2.05, 4.69) is 21.8 Å². The number of halogens is 3. The van der Waals surface area contributed by atoms with E-state index >= 15 is 0 Å². The first kappa shape index (κ1) is 24.9. The molecule has 0 spiro atoms. The fourth-order valence-corrected chi connectivity index (χ4v) is 3.84. The first-order valence-electron chi connectivity index (χ1n) is 10.6. The molecule has 3 rings (SSSR count). The Kier molecular flexibility index (Phi) is 7.88. The van der Waals surface area contributed by atoms with Crippen LogP contribution in [0.4, 0.5) is 13.2 Å². The Morgan fingerprint density at radius 1 is 1.33 bits per heavy atom. The van der Waals surface area contributed by atoms with Gasteiger partial charge in [-0.05, 0) is 38.0 Å². The number of fused-ring (bicyclic) bond motifs is 1. The zero-order chi connectivity index (χ0) is 24.2. The van der Waals surface area contributed by atoms with Crippen molar-refractivity contribution in [3.05, 3.63) is 48.1 Å². The highest BCUT2D eigenvalue weighted by Gasteiger charge is 2.46. The minimum Gasteiger partial charge on any atom is -0.496 e. The summed E-state index contributed by atoms with van der Waals surface area (Å²) < 4.78 is 53.9. The van der Waals surface area contributed by atoms with Gasteiger partial charge in [-0.15, -0.1) is 10.2 Å². The number of aliphatic imine (C=N–C) groups is 1. The lowest BCUT2D eigenvalue weighted by Gasteiger charge is -2.30. The van der Waals surface area contributed by atoms with Crippen LogP contribution in [0, 0.1) is 0 Å². The number of nitrogens with two attached hydrogens (primary N) is 1. The molecule has 0 saturated carbocycles. The topological polar surface area (TPSA) is 90.3 Å². The van der Waals surface area contributed by atoms with Gasteiger partial charge in [0.25, 0.3) is 0 Å². The molecule has 11 heteroatoms. The molecule has 0 bridgehead atoms. The van der Waals surface area contributed by atoms with Crippen LogP contribution in [-0.2, 0) is 9.47 Å². The first-order chi connectivity index (χ1) is 15.6. The maximum atomic E-state index is 14.0. The van der Waals surface area contributed by atoms with E-state index in [-0.39, 0.29) is 36.2 Å². The maximum absolute atomic E-state index is 14.0. The molecule has 1 fully saturated rings. The van der Waals surface area contributed by atoms with Crippen molar-refractivity contribution < 1.29 is 22.6 Å². The molecule has 1 aliphatic rings. The summed E-state index contributed by atoms with van der Waals surface area (Å²) in [4.78, 5) is 5.78. The van der Waals surface area contributed by atoms with Gasteiger partial charge < -0.3 is 15.2 Å². The Morgan fingerprint density at radius 2 is 2.09 bits per heavy atom. The zero-order valence-electron chi connectivity index (χ0n) is 19.0. The number of hydrogen-bond acceptors (Lipinski definition) is 7. The Morgan fingerprint density at radius 3 is 2.73 bits per heavy atom. The predicted octanol–water partition coefficient (Wildman–Crippen LogP) is 3.36. The molecule has 1 aliphatic heterocycles. The van der Waals surface area contributed by atoms with Crippen LogP contribution in [0.1, 0.15) is 37.7 Å². The summed E-state index contributed by atoms with van der Waals surface area (Å²) in [7, 11) is 1.59. The molecule has 3 heterocycles. The lowest BCUT2D eigenvalue weighted by atomic mass is 10.1. The second-order valence-electron chi connectivity index (χ2n) is 8.00. The number of hydrogen-bond donors (Lipinski definition) is 1. The van der Waals surface area contributed by atoms with Gasteiger partial charge >= 0.3 is 6.18 Å². The van der Waals surface area contributed by atoms with Crippen LogP contribution in [0.2, 0.25) is 0 Å². The number of likely N-dealkylation sites (tertiary alicyclic amines) is 1. The van der Waals surface area contributed by atoms with E-state index in [1.165, 1.54) is 27.6 Å². The number of rotatable bonds is 9. The van der Waals surface area contributed by atoms with Crippen LogP contribution in [-0.4, -0.2) is 70.8 Å². The van der Waals surface area contributed by atoms with Gasteiger partial charge in [-0.25, -0.2) is 0 Å². The van der Waals surface area contributed by atoms with Crippen LogP contribution >= 0.6 is 0 Å². The van der Waals surface area contributed by atoms with Gasteiger partial charge in [-0.3, -0.25) is 14.3 Å². The van der Waals surface area contributed by atoms with Crippen LogP contribution in [0.15, 0.2) is 41.7 Å². The molecule has 8 nitrogen and oxygen atoms in total. The standard InChI is InChI=1S/C22H29F3N6O2/c1-14(11-15(2)33-10-9-32-4)27-16(3)21-29-28-19-6-5-17(12-31(19)21)20(22(23,24)25)30-8-7-18(26)13-30/h5-6,11-12,18,20H,3,7-10,13,26H2,1-2,4H3. The van der Waals surface area contributed by atoms with Crippen LogP contribution < -0.4 is 5.73 Å². The molecular weight excluding hydrogens is 437 g/mol. The molecule has 180 valence electrons. The van der Waals surface area contributed by atoms with Crippen molar-refractivity contribution in [1.29, 1.82) is 0 Å². The SMILES string of the molecule is C=C(N=C(C)C=C(C)OCCOC)c1nnc2ccc(C(N3CCC(N)C3)C(F)(F)F)cn12. The zero-order valence-corrected chi connectivity index (χ0v) is 19.0. The number of aromatic nitrogens is 3. The highest BCUT2D eigenvalue weighted by Crippen LogP contribution is 2.39. The van der Waals surface area contributed by atoms with Crippen molar-refractivity contribution in [3.63, 3.8) is 0 Å². The molecule has 0 amide bonds. The number of allylic oxidation sites excluding steroid dienone is 2. The molecule has 2 atom stereocenters. The third kappa shape index (κ3) is 6.18. The van der Waals surface area contributed by atoms with Gasteiger partial charge in [-0.1, -0.05) is 12.6 Å². The quantitative estimate of drug-likeness (QED) is 0.346. The molecule has 2 aromatic heterocycles. The van der Waals surface area contributed by atoms with Crippen molar-refractivity contribution in [1.82, 2.24) is 19.5 Å². The third-order valence-electron chi connectivity index (χ3n) is 5.27. The number of alkyl halides is 3. The second kappa shape index (κ2) is 10.4. The minimum absolute atomic E-state index is 0.0842. The minimum atomic E-state index is -4.46. The Balaban J connectivity index is 1.88. The van der Waals surface area contributed by atoms with Crippen molar-refractivity contribution in [2.24, 2.45) is 10.7 Å². The van der Waals surface area contributed by atoms with Gasteiger partial charge in [-0.2, -0.15) is 13.2 Å².